The van der Waals surface area contributed by atoms with E-state index in [9.17, 15) is 0 Å². The van der Waals surface area contributed by atoms with Crippen molar-refractivity contribution in [2.75, 3.05) is 0 Å². The number of halogens is 1. The molecule has 0 atom stereocenters. The van der Waals surface area contributed by atoms with Crippen molar-refractivity contribution < 1.29 is 4.52 Å². The molecule has 0 aromatic carbocycles. The fraction of sp³-hybridized carbons (Fsp3) is 0.571. The number of aryl methyl sites for hydroxylation is 1. The Bertz CT molecular complexity index is 244. The highest BCUT2D eigenvalue weighted by molar-refractivity contribution is 14.1. The van der Waals surface area contributed by atoms with Crippen LogP contribution in [0.1, 0.15) is 24.2 Å². The molecule has 1 aliphatic carbocycles. The second kappa shape index (κ2) is 2.53. The maximum Gasteiger partial charge on any atom is 0.147 e. The predicted molar refractivity (Wildman–Crippen MR) is 45.9 cm³/mol. The van der Waals surface area contributed by atoms with Crippen molar-refractivity contribution in [2.45, 2.75) is 25.7 Å². The molecule has 0 bridgehead atoms. The highest BCUT2D eigenvalue weighted by Gasteiger charge is 2.16. The van der Waals surface area contributed by atoms with Crippen molar-refractivity contribution in [1.29, 1.82) is 0 Å². The third-order valence-corrected chi connectivity index (χ3v) is 2.75. The number of rotatable bonds is 0. The molecule has 0 saturated carbocycles. The molecule has 1 aromatic rings. The van der Waals surface area contributed by atoms with Crippen molar-refractivity contribution in [2.24, 2.45) is 0 Å². The van der Waals surface area contributed by atoms with Crippen LogP contribution in [0.15, 0.2) is 4.52 Å². The molecule has 0 spiro atoms. The van der Waals surface area contributed by atoms with Crippen molar-refractivity contribution in [1.82, 2.24) is 5.16 Å². The Kier molecular flexibility index (Phi) is 1.68. The molecule has 2 rings (SSSR count). The van der Waals surface area contributed by atoms with Crippen molar-refractivity contribution in [3.05, 3.63) is 15.0 Å². The second-order valence-electron chi connectivity index (χ2n) is 2.58. The Labute approximate surface area is 73.1 Å². The third kappa shape index (κ3) is 0.962. The van der Waals surface area contributed by atoms with Gasteiger partial charge in [0.15, 0.2) is 0 Å². The molecule has 1 aromatic heterocycles. The van der Waals surface area contributed by atoms with E-state index in [2.05, 4.69) is 27.7 Å². The first-order valence-electron chi connectivity index (χ1n) is 3.51. The van der Waals surface area contributed by atoms with Crippen LogP contribution in [0.4, 0.5) is 0 Å². The molecule has 1 aliphatic rings. The Hall–Kier alpha value is -0.0600. The Morgan fingerprint density at radius 3 is 2.90 bits per heavy atom. The number of hydrogen-bond donors (Lipinski definition) is 0. The summed E-state index contributed by atoms with van der Waals surface area (Å²) in [6.07, 6.45) is 4.81. The first-order chi connectivity index (χ1) is 4.88. The summed E-state index contributed by atoms with van der Waals surface area (Å²) in [6, 6.07) is 0. The van der Waals surface area contributed by atoms with Gasteiger partial charge in [-0.05, 0) is 41.9 Å². The lowest BCUT2D eigenvalue weighted by molar-refractivity contribution is 0.369. The third-order valence-electron chi connectivity index (χ3n) is 1.90. The predicted octanol–water partition coefficient (Wildman–Crippen LogP) is 2.16. The van der Waals surface area contributed by atoms with Crippen LogP contribution in [0.2, 0.25) is 0 Å². The summed E-state index contributed by atoms with van der Waals surface area (Å²) in [6.45, 7) is 0. The minimum Gasteiger partial charge on any atom is -0.360 e. The summed E-state index contributed by atoms with van der Waals surface area (Å²) in [4.78, 5) is 0. The molecule has 0 saturated heterocycles. The van der Waals surface area contributed by atoms with E-state index in [1.54, 1.807) is 0 Å². The molecule has 0 aliphatic heterocycles. The summed E-state index contributed by atoms with van der Waals surface area (Å²) >= 11 is 2.23. The average molecular weight is 249 g/mol. The zero-order valence-electron chi connectivity index (χ0n) is 5.56. The minimum atomic E-state index is 1.06. The largest absolute Gasteiger partial charge is 0.360 e. The fourth-order valence-corrected chi connectivity index (χ4v) is 2.02. The molecule has 3 heteroatoms. The molecule has 0 radical (unpaired) electrons. The van der Waals surface area contributed by atoms with E-state index in [4.69, 9.17) is 4.52 Å². The van der Waals surface area contributed by atoms with Gasteiger partial charge in [0.05, 0.1) is 0 Å². The molecule has 0 fully saturated rings. The van der Waals surface area contributed by atoms with Gasteiger partial charge in [-0.15, -0.1) is 0 Å². The van der Waals surface area contributed by atoms with Gasteiger partial charge in [0.1, 0.15) is 9.46 Å². The van der Waals surface area contributed by atoms with Crippen molar-refractivity contribution in [3.8, 4) is 0 Å². The Morgan fingerprint density at radius 2 is 2.10 bits per heavy atom. The topological polar surface area (TPSA) is 26.0 Å². The Morgan fingerprint density at radius 1 is 1.30 bits per heavy atom. The standard InChI is InChI=1S/C7H8INO/c8-7-5-3-1-2-4-6(5)10-9-7/h1-4H2. The lowest BCUT2D eigenvalue weighted by Crippen LogP contribution is -1.99. The molecule has 10 heavy (non-hydrogen) atoms. The molecule has 2 nitrogen and oxygen atoms in total. The van der Waals surface area contributed by atoms with Gasteiger partial charge in [-0.2, -0.15) is 0 Å². The normalized spacial score (nSPS) is 16.9. The van der Waals surface area contributed by atoms with Crippen molar-refractivity contribution in [3.63, 3.8) is 0 Å². The fourth-order valence-electron chi connectivity index (χ4n) is 1.35. The SMILES string of the molecule is Ic1noc2c1CCCC2. The van der Waals surface area contributed by atoms with Crippen LogP contribution in [0.3, 0.4) is 0 Å². The van der Waals surface area contributed by atoms with Gasteiger partial charge in [-0.1, -0.05) is 5.16 Å². The average Bonchev–Trinajstić information content (AvgIpc) is 2.34. The van der Waals surface area contributed by atoms with Crippen molar-refractivity contribution >= 4 is 22.6 Å². The molecule has 0 unspecified atom stereocenters. The molecule has 0 N–H and O–H groups in total. The summed E-state index contributed by atoms with van der Waals surface area (Å²) < 4.78 is 6.19. The first kappa shape index (κ1) is 6.64. The van der Waals surface area contributed by atoms with Gasteiger partial charge in [0, 0.05) is 12.0 Å². The lowest BCUT2D eigenvalue weighted by Gasteiger charge is -2.06. The number of aromatic nitrogens is 1. The van der Waals surface area contributed by atoms with E-state index in [0.717, 1.165) is 22.3 Å². The van der Waals surface area contributed by atoms with Crippen LogP contribution >= 0.6 is 22.6 Å². The molecule has 0 amide bonds. The lowest BCUT2D eigenvalue weighted by atomic mass is 9.99. The van der Waals surface area contributed by atoms with Crippen LogP contribution in [-0.4, -0.2) is 5.16 Å². The van der Waals surface area contributed by atoms with Gasteiger partial charge in [-0.25, -0.2) is 0 Å². The van der Waals surface area contributed by atoms with E-state index >= 15 is 0 Å². The number of hydrogen-bond acceptors (Lipinski definition) is 2. The quantitative estimate of drug-likeness (QED) is 0.658. The van der Waals surface area contributed by atoms with E-state index in [1.165, 1.54) is 18.4 Å². The van der Waals surface area contributed by atoms with Gasteiger partial charge in [0.25, 0.3) is 0 Å². The van der Waals surface area contributed by atoms with Crippen LogP contribution < -0.4 is 0 Å². The van der Waals surface area contributed by atoms with Gasteiger partial charge in [0.2, 0.25) is 0 Å². The maximum absolute atomic E-state index is 5.13. The van der Waals surface area contributed by atoms with E-state index < -0.39 is 0 Å². The second-order valence-corrected chi connectivity index (χ2v) is 3.60. The van der Waals surface area contributed by atoms with Gasteiger partial charge < -0.3 is 4.52 Å². The van der Waals surface area contributed by atoms with E-state index in [1.807, 2.05) is 0 Å². The monoisotopic (exact) mass is 249 g/mol. The Balaban J connectivity index is 2.45. The van der Waals surface area contributed by atoms with Gasteiger partial charge in [-0.3, -0.25) is 0 Å². The summed E-state index contributed by atoms with van der Waals surface area (Å²) in [7, 11) is 0. The minimum absolute atomic E-state index is 1.06. The maximum atomic E-state index is 5.13. The summed E-state index contributed by atoms with van der Waals surface area (Å²) in [5.74, 6) is 1.12. The van der Waals surface area contributed by atoms with Crippen LogP contribution in [0.25, 0.3) is 0 Å². The number of nitrogens with zero attached hydrogens (tertiary/aromatic N) is 1. The highest BCUT2D eigenvalue weighted by Crippen LogP contribution is 2.24. The molecule has 1 heterocycles. The van der Waals surface area contributed by atoms with Crippen LogP contribution in [0.5, 0.6) is 0 Å². The van der Waals surface area contributed by atoms with E-state index in [-0.39, 0.29) is 0 Å². The van der Waals surface area contributed by atoms with E-state index in [0.29, 0.717) is 0 Å². The zero-order chi connectivity index (χ0) is 6.97. The highest BCUT2D eigenvalue weighted by atomic mass is 127. The number of fused-ring (bicyclic) bond motifs is 1. The smallest absolute Gasteiger partial charge is 0.147 e. The summed E-state index contributed by atoms with van der Waals surface area (Å²) in [5, 5.41) is 3.91. The van der Waals surface area contributed by atoms with Gasteiger partial charge >= 0.3 is 0 Å². The molecular formula is C7H8INO. The molecule has 54 valence electrons. The zero-order valence-corrected chi connectivity index (χ0v) is 7.72. The first-order valence-corrected chi connectivity index (χ1v) is 4.59. The molecular weight excluding hydrogens is 241 g/mol. The summed E-state index contributed by atoms with van der Waals surface area (Å²) in [5.41, 5.74) is 1.35. The van der Waals surface area contributed by atoms with Crippen LogP contribution in [0, 0.1) is 3.70 Å². The van der Waals surface area contributed by atoms with Crippen LogP contribution in [-0.2, 0) is 12.8 Å².